The number of halogens is 2. The normalized spacial score (nSPS) is 16.3. The first-order valence-corrected chi connectivity index (χ1v) is 7.77. The Morgan fingerprint density at radius 3 is 2.76 bits per heavy atom. The molecule has 1 aliphatic carbocycles. The molecule has 1 saturated carbocycles. The maximum atomic E-state index is 13.7. The number of nitriles is 1. The molecule has 2 rings (SSSR count). The molecular formula is C16H16BrFN2O. The molecule has 3 nitrogen and oxygen atoms in total. The van der Waals surface area contributed by atoms with E-state index in [1.165, 1.54) is 18.6 Å². The maximum absolute atomic E-state index is 13.7. The van der Waals surface area contributed by atoms with Gasteiger partial charge in [0.15, 0.2) is 0 Å². The van der Waals surface area contributed by atoms with Crippen molar-refractivity contribution in [3.8, 4) is 6.07 Å². The molecule has 1 aliphatic rings. The Labute approximate surface area is 132 Å². The Balaban J connectivity index is 2.14. The van der Waals surface area contributed by atoms with E-state index in [1.807, 2.05) is 6.07 Å². The van der Waals surface area contributed by atoms with Gasteiger partial charge in [0.1, 0.15) is 17.5 Å². The number of benzene rings is 1. The van der Waals surface area contributed by atoms with E-state index < -0.39 is 11.7 Å². The van der Waals surface area contributed by atoms with Crippen LogP contribution in [0.4, 0.5) is 4.39 Å². The fourth-order valence-electron chi connectivity index (χ4n) is 2.44. The Morgan fingerprint density at radius 2 is 2.10 bits per heavy atom. The minimum Gasteiger partial charge on any atom is -0.349 e. The van der Waals surface area contributed by atoms with Crippen molar-refractivity contribution < 1.29 is 9.18 Å². The largest absolute Gasteiger partial charge is 0.349 e. The third kappa shape index (κ3) is 4.40. The average Bonchev–Trinajstić information content (AvgIpc) is 2.49. The van der Waals surface area contributed by atoms with Gasteiger partial charge in [-0.3, -0.25) is 4.79 Å². The van der Waals surface area contributed by atoms with Crippen LogP contribution in [0.3, 0.4) is 0 Å². The second-order valence-corrected chi connectivity index (χ2v) is 6.06. The van der Waals surface area contributed by atoms with Crippen LogP contribution in [0, 0.1) is 17.1 Å². The zero-order valence-corrected chi connectivity index (χ0v) is 13.1. The van der Waals surface area contributed by atoms with Gasteiger partial charge in [0.25, 0.3) is 5.91 Å². The summed E-state index contributed by atoms with van der Waals surface area (Å²) in [5, 5.41) is 12.0. The zero-order valence-electron chi connectivity index (χ0n) is 11.5. The van der Waals surface area contributed by atoms with E-state index in [4.69, 9.17) is 5.26 Å². The maximum Gasteiger partial charge on any atom is 0.262 e. The van der Waals surface area contributed by atoms with Crippen LogP contribution in [0.5, 0.6) is 0 Å². The van der Waals surface area contributed by atoms with Gasteiger partial charge in [0, 0.05) is 16.1 Å². The van der Waals surface area contributed by atoms with E-state index in [0.29, 0.717) is 4.47 Å². The molecule has 1 aromatic rings. The lowest BCUT2D eigenvalue weighted by Crippen LogP contribution is -2.36. The summed E-state index contributed by atoms with van der Waals surface area (Å²) in [5.41, 5.74) is 0.150. The van der Waals surface area contributed by atoms with Gasteiger partial charge >= 0.3 is 0 Å². The molecule has 1 aromatic carbocycles. The van der Waals surface area contributed by atoms with Gasteiger partial charge in [0.2, 0.25) is 0 Å². The van der Waals surface area contributed by atoms with Gasteiger partial charge in [-0.05, 0) is 37.1 Å². The van der Waals surface area contributed by atoms with Crippen LogP contribution in [0.25, 0.3) is 6.08 Å². The molecule has 21 heavy (non-hydrogen) atoms. The SMILES string of the molecule is N#CC(=Cc1cc(Br)ccc1F)C(=O)NC1CCCCC1. The molecular weight excluding hydrogens is 335 g/mol. The fraction of sp³-hybridized carbons (Fsp3) is 0.375. The van der Waals surface area contributed by atoms with Crippen molar-refractivity contribution in [2.75, 3.05) is 0 Å². The van der Waals surface area contributed by atoms with Crippen molar-refractivity contribution >= 4 is 27.9 Å². The summed E-state index contributed by atoms with van der Waals surface area (Å²) in [6.45, 7) is 0. The highest BCUT2D eigenvalue weighted by atomic mass is 79.9. The van der Waals surface area contributed by atoms with Crippen LogP contribution in [0.15, 0.2) is 28.2 Å². The number of hydrogen-bond donors (Lipinski definition) is 1. The predicted octanol–water partition coefficient (Wildman–Crippen LogP) is 3.94. The van der Waals surface area contributed by atoms with Crippen molar-refractivity contribution in [1.82, 2.24) is 5.32 Å². The highest BCUT2D eigenvalue weighted by molar-refractivity contribution is 9.10. The first-order valence-electron chi connectivity index (χ1n) is 6.98. The summed E-state index contributed by atoms with van der Waals surface area (Å²) in [5.74, 6) is -0.889. The summed E-state index contributed by atoms with van der Waals surface area (Å²) in [7, 11) is 0. The van der Waals surface area contributed by atoms with Gasteiger partial charge in [0.05, 0.1) is 0 Å². The Bertz CT molecular complexity index is 601. The summed E-state index contributed by atoms with van der Waals surface area (Å²) in [6, 6.07) is 6.38. The quantitative estimate of drug-likeness (QED) is 0.662. The molecule has 1 N–H and O–H groups in total. The van der Waals surface area contributed by atoms with Crippen LogP contribution in [-0.2, 0) is 4.79 Å². The number of carbonyl (C=O) groups excluding carboxylic acids is 1. The van der Waals surface area contributed by atoms with Crippen LogP contribution in [0.2, 0.25) is 0 Å². The summed E-state index contributed by atoms with van der Waals surface area (Å²) < 4.78 is 14.4. The van der Waals surface area contributed by atoms with E-state index >= 15 is 0 Å². The van der Waals surface area contributed by atoms with Gasteiger partial charge in [-0.15, -0.1) is 0 Å². The van der Waals surface area contributed by atoms with E-state index in [9.17, 15) is 9.18 Å². The molecule has 0 atom stereocenters. The van der Waals surface area contributed by atoms with Crippen molar-refractivity contribution in [1.29, 1.82) is 5.26 Å². The van der Waals surface area contributed by atoms with E-state index in [0.717, 1.165) is 25.7 Å². The van der Waals surface area contributed by atoms with Gasteiger partial charge in [-0.1, -0.05) is 35.2 Å². The molecule has 1 amide bonds. The Kier molecular flexibility index (Phi) is 5.51. The van der Waals surface area contributed by atoms with Gasteiger partial charge in [-0.25, -0.2) is 4.39 Å². The molecule has 0 aliphatic heterocycles. The van der Waals surface area contributed by atoms with E-state index in [1.54, 1.807) is 12.1 Å². The molecule has 0 bridgehead atoms. The number of rotatable bonds is 3. The minimum atomic E-state index is -0.462. The number of nitrogens with zero attached hydrogens (tertiary/aromatic N) is 1. The van der Waals surface area contributed by atoms with Crippen molar-refractivity contribution in [2.24, 2.45) is 0 Å². The summed E-state index contributed by atoms with van der Waals surface area (Å²) in [6.07, 6.45) is 6.55. The lowest BCUT2D eigenvalue weighted by atomic mass is 9.95. The van der Waals surface area contributed by atoms with Gasteiger partial charge < -0.3 is 5.32 Å². The Hall–Kier alpha value is -1.67. The molecule has 0 saturated heterocycles. The lowest BCUT2D eigenvalue weighted by Gasteiger charge is -2.22. The highest BCUT2D eigenvalue weighted by Gasteiger charge is 2.18. The molecule has 0 aromatic heterocycles. The second-order valence-electron chi connectivity index (χ2n) is 5.14. The van der Waals surface area contributed by atoms with Gasteiger partial charge in [-0.2, -0.15) is 5.26 Å². The smallest absolute Gasteiger partial charge is 0.262 e. The van der Waals surface area contributed by atoms with Crippen LogP contribution in [-0.4, -0.2) is 11.9 Å². The van der Waals surface area contributed by atoms with Crippen molar-refractivity contribution in [2.45, 2.75) is 38.1 Å². The molecule has 0 heterocycles. The number of amides is 1. The highest BCUT2D eigenvalue weighted by Crippen LogP contribution is 2.20. The van der Waals surface area contributed by atoms with Crippen molar-refractivity contribution in [3.05, 3.63) is 39.6 Å². The fourth-order valence-corrected chi connectivity index (χ4v) is 2.82. The second kappa shape index (κ2) is 7.37. The lowest BCUT2D eigenvalue weighted by molar-refractivity contribution is -0.117. The topological polar surface area (TPSA) is 52.9 Å². The molecule has 110 valence electrons. The molecule has 0 spiro atoms. The first kappa shape index (κ1) is 15.7. The Morgan fingerprint density at radius 1 is 1.38 bits per heavy atom. The van der Waals surface area contributed by atoms with E-state index in [2.05, 4.69) is 21.2 Å². The molecule has 1 fully saturated rings. The summed E-state index contributed by atoms with van der Waals surface area (Å²) in [4.78, 5) is 12.1. The van der Waals surface area contributed by atoms with Crippen LogP contribution in [0.1, 0.15) is 37.7 Å². The third-order valence-electron chi connectivity index (χ3n) is 3.56. The van der Waals surface area contributed by atoms with Crippen LogP contribution < -0.4 is 5.32 Å². The standard InChI is InChI=1S/C16H16BrFN2O/c17-13-6-7-15(18)11(9-13)8-12(10-19)16(21)20-14-4-2-1-3-5-14/h6-9,14H,1-5H2,(H,20,21). The minimum absolute atomic E-state index is 0.0717. The number of nitrogens with one attached hydrogen (secondary N) is 1. The molecule has 0 radical (unpaired) electrons. The zero-order chi connectivity index (χ0) is 15.2. The molecule has 5 heteroatoms. The van der Waals surface area contributed by atoms with Crippen molar-refractivity contribution in [3.63, 3.8) is 0 Å². The summed E-state index contributed by atoms with van der Waals surface area (Å²) >= 11 is 3.25. The molecule has 0 unspecified atom stereocenters. The predicted molar refractivity (Wildman–Crippen MR) is 82.7 cm³/mol. The third-order valence-corrected chi connectivity index (χ3v) is 4.06. The van der Waals surface area contributed by atoms with E-state index in [-0.39, 0.29) is 17.2 Å². The number of carbonyl (C=O) groups is 1. The van der Waals surface area contributed by atoms with Crippen LogP contribution >= 0.6 is 15.9 Å². The first-order chi connectivity index (χ1) is 10.1. The number of hydrogen-bond acceptors (Lipinski definition) is 2. The monoisotopic (exact) mass is 350 g/mol. The average molecular weight is 351 g/mol.